The van der Waals surface area contributed by atoms with Crippen molar-refractivity contribution in [3.05, 3.63) is 0 Å². The van der Waals surface area contributed by atoms with Gasteiger partial charge in [0.2, 0.25) is 5.91 Å². The molecular formula is C26H53NO5. The van der Waals surface area contributed by atoms with Gasteiger partial charge in [-0.2, -0.15) is 0 Å². The highest BCUT2D eigenvalue weighted by atomic mass is 16.6. The van der Waals surface area contributed by atoms with Gasteiger partial charge in [0.15, 0.2) is 0 Å². The SMILES string of the molecule is CCCCCCCCCCCCCCCCOCCOCCOCCOCCNC(C)=O. The molecule has 0 saturated heterocycles. The number of rotatable bonds is 27. The quantitative estimate of drug-likeness (QED) is 0.160. The van der Waals surface area contributed by atoms with Gasteiger partial charge in [-0.1, -0.05) is 90.4 Å². The lowest BCUT2D eigenvalue weighted by atomic mass is 10.0. The van der Waals surface area contributed by atoms with Gasteiger partial charge in [-0.25, -0.2) is 0 Å². The monoisotopic (exact) mass is 459 g/mol. The molecule has 0 aromatic heterocycles. The van der Waals surface area contributed by atoms with Crippen LogP contribution in [-0.2, 0) is 23.7 Å². The van der Waals surface area contributed by atoms with Crippen molar-refractivity contribution < 1.29 is 23.7 Å². The summed E-state index contributed by atoms with van der Waals surface area (Å²) in [7, 11) is 0. The van der Waals surface area contributed by atoms with Crippen LogP contribution >= 0.6 is 0 Å². The van der Waals surface area contributed by atoms with E-state index >= 15 is 0 Å². The summed E-state index contributed by atoms with van der Waals surface area (Å²) in [5.74, 6) is -0.0365. The number of carbonyl (C=O) groups is 1. The molecule has 0 aliphatic carbocycles. The fourth-order valence-electron chi connectivity index (χ4n) is 3.46. The number of carbonyl (C=O) groups excluding carboxylic acids is 1. The number of ether oxygens (including phenoxy) is 4. The third-order valence-corrected chi connectivity index (χ3v) is 5.38. The second-order valence-corrected chi connectivity index (χ2v) is 8.53. The minimum Gasteiger partial charge on any atom is -0.379 e. The van der Waals surface area contributed by atoms with Crippen molar-refractivity contribution >= 4 is 5.91 Å². The van der Waals surface area contributed by atoms with E-state index in [-0.39, 0.29) is 5.91 Å². The van der Waals surface area contributed by atoms with E-state index in [1.165, 1.54) is 90.4 Å². The smallest absolute Gasteiger partial charge is 0.216 e. The van der Waals surface area contributed by atoms with Crippen molar-refractivity contribution in [1.82, 2.24) is 5.32 Å². The molecule has 192 valence electrons. The standard InChI is InChI=1S/C26H53NO5/c1-3-4-5-6-7-8-9-10-11-12-13-14-15-16-18-29-20-22-31-24-25-32-23-21-30-19-17-27-26(2)28/h3-25H2,1-2H3,(H,27,28). The lowest BCUT2D eigenvalue weighted by Gasteiger charge is -2.08. The molecule has 0 aromatic carbocycles. The van der Waals surface area contributed by atoms with Crippen LogP contribution in [-0.4, -0.2) is 65.3 Å². The van der Waals surface area contributed by atoms with E-state index in [2.05, 4.69) is 12.2 Å². The fraction of sp³-hybridized carbons (Fsp3) is 0.962. The minimum atomic E-state index is -0.0365. The van der Waals surface area contributed by atoms with Gasteiger partial charge in [-0.15, -0.1) is 0 Å². The molecule has 0 rings (SSSR count). The molecule has 0 spiro atoms. The average molecular weight is 460 g/mol. The van der Waals surface area contributed by atoms with Crippen LogP contribution in [0.5, 0.6) is 0 Å². The number of unbranched alkanes of at least 4 members (excludes halogenated alkanes) is 13. The molecule has 0 atom stereocenters. The van der Waals surface area contributed by atoms with Crippen LogP contribution < -0.4 is 5.32 Å². The molecule has 0 radical (unpaired) electrons. The zero-order valence-electron chi connectivity index (χ0n) is 21.3. The maximum absolute atomic E-state index is 10.7. The third kappa shape index (κ3) is 29.3. The zero-order chi connectivity index (χ0) is 23.4. The molecule has 6 heteroatoms. The summed E-state index contributed by atoms with van der Waals surface area (Å²) < 4.78 is 21.9. The van der Waals surface area contributed by atoms with Gasteiger partial charge in [-0.3, -0.25) is 4.79 Å². The Bertz CT molecular complexity index is 368. The van der Waals surface area contributed by atoms with Gasteiger partial charge >= 0.3 is 0 Å². The molecule has 0 bridgehead atoms. The highest BCUT2D eigenvalue weighted by Gasteiger charge is 1.96. The largest absolute Gasteiger partial charge is 0.379 e. The summed E-state index contributed by atoms with van der Waals surface area (Å²) >= 11 is 0. The molecule has 0 unspecified atom stereocenters. The highest BCUT2D eigenvalue weighted by molar-refractivity contribution is 5.72. The molecule has 0 aliphatic heterocycles. The van der Waals surface area contributed by atoms with E-state index in [1.54, 1.807) is 0 Å². The topological polar surface area (TPSA) is 66.0 Å². The van der Waals surface area contributed by atoms with Gasteiger partial charge in [0.05, 0.1) is 46.2 Å². The lowest BCUT2D eigenvalue weighted by molar-refractivity contribution is -0.119. The molecule has 0 aliphatic rings. The normalized spacial score (nSPS) is 11.2. The molecule has 1 N–H and O–H groups in total. The second-order valence-electron chi connectivity index (χ2n) is 8.53. The summed E-state index contributed by atoms with van der Waals surface area (Å²) in [6.07, 6.45) is 19.3. The Morgan fingerprint density at radius 2 is 0.844 bits per heavy atom. The average Bonchev–Trinajstić information content (AvgIpc) is 2.78. The van der Waals surface area contributed by atoms with Crippen LogP contribution in [0.15, 0.2) is 0 Å². The molecule has 6 nitrogen and oxygen atoms in total. The summed E-state index contributed by atoms with van der Waals surface area (Å²) in [4.78, 5) is 10.7. The van der Waals surface area contributed by atoms with E-state index in [9.17, 15) is 4.79 Å². The van der Waals surface area contributed by atoms with Crippen molar-refractivity contribution in [2.24, 2.45) is 0 Å². The highest BCUT2D eigenvalue weighted by Crippen LogP contribution is 2.12. The molecule has 0 saturated carbocycles. The minimum absolute atomic E-state index is 0.0365. The maximum Gasteiger partial charge on any atom is 0.216 e. The number of hydrogen-bond acceptors (Lipinski definition) is 5. The van der Waals surface area contributed by atoms with Gasteiger partial charge < -0.3 is 24.3 Å². The Morgan fingerprint density at radius 1 is 0.500 bits per heavy atom. The molecule has 0 heterocycles. The maximum atomic E-state index is 10.7. The Labute approximate surface area is 198 Å². The predicted molar refractivity (Wildman–Crippen MR) is 132 cm³/mol. The molecule has 0 fully saturated rings. The van der Waals surface area contributed by atoms with Gasteiger partial charge in [0.25, 0.3) is 0 Å². The zero-order valence-corrected chi connectivity index (χ0v) is 21.3. The molecular weight excluding hydrogens is 406 g/mol. The summed E-state index contributed by atoms with van der Waals surface area (Å²) in [6, 6.07) is 0. The first-order valence-corrected chi connectivity index (χ1v) is 13.3. The van der Waals surface area contributed by atoms with Crippen molar-refractivity contribution in [2.75, 3.05) is 59.4 Å². The number of amides is 1. The Morgan fingerprint density at radius 3 is 1.25 bits per heavy atom. The van der Waals surface area contributed by atoms with Gasteiger partial charge in [0.1, 0.15) is 0 Å². The Kier molecular flexibility index (Phi) is 27.7. The van der Waals surface area contributed by atoms with Gasteiger partial charge in [0, 0.05) is 20.1 Å². The van der Waals surface area contributed by atoms with E-state index in [1.807, 2.05) is 0 Å². The van der Waals surface area contributed by atoms with Crippen molar-refractivity contribution in [2.45, 2.75) is 104 Å². The van der Waals surface area contributed by atoms with Crippen LogP contribution in [0.3, 0.4) is 0 Å². The van der Waals surface area contributed by atoms with Crippen LogP contribution in [0, 0.1) is 0 Å². The third-order valence-electron chi connectivity index (χ3n) is 5.38. The van der Waals surface area contributed by atoms with Crippen LogP contribution in [0.2, 0.25) is 0 Å². The fourth-order valence-corrected chi connectivity index (χ4v) is 3.46. The van der Waals surface area contributed by atoms with Crippen LogP contribution in [0.4, 0.5) is 0 Å². The molecule has 1 amide bonds. The van der Waals surface area contributed by atoms with Gasteiger partial charge in [-0.05, 0) is 6.42 Å². The summed E-state index contributed by atoms with van der Waals surface area (Å²) in [5.41, 5.74) is 0. The predicted octanol–water partition coefficient (Wildman–Crippen LogP) is 5.67. The number of nitrogens with one attached hydrogen (secondary N) is 1. The lowest BCUT2D eigenvalue weighted by Crippen LogP contribution is -2.25. The van der Waals surface area contributed by atoms with E-state index in [0.29, 0.717) is 52.8 Å². The second kappa shape index (κ2) is 28.3. The van der Waals surface area contributed by atoms with E-state index in [4.69, 9.17) is 18.9 Å². The molecule has 32 heavy (non-hydrogen) atoms. The van der Waals surface area contributed by atoms with E-state index in [0.717, 1.165) is 13.0 Å². The van der Waals surface area contributed by atoms with E-state index < -0.39 is 0 Å². The van der Waals surface area contributed by atoms with Crippen LogP contribution in [0.25, 0.3) is 0 Å². The first-order chi connectivity index (χ1) is 15.8. The summed E-state index contributed by atoms with van der Waals surface area (Å²) in [5, 5.41) is 2.68. The first kappa shape index (κ1) is 31.3. The van der Waals surface area contributed by atoms with Crippen molar-refractivity contribution in [3.8, 4) is 0 Å². The molecule has 0 aromatic rings. The number of hydrogen-bond donors (Lipinski definition) is 1. The summed E-state index contributed by atoms with van der Waals surface area (Å²) in [6.45, 7) is 9.16. The Balaban J connectivity index is 3.00. The van der Waals surface area contributed by atoms with Crippen molar-refractivity contribution in [3.63, 3.8) is 0 Å². The Hall–Kier alpha value is -0.690. The van der Waals surface area contributed by atoms with Crippen molar-refractivity contribution in [1.29, 1.82) is 0 Å². The first-order valence-electron chi connectivity index (χ1n) is 13.3. The van der Waals surface area contributed by atoms with Crippen LogP contribution in [0.1, 0.15) is 104 Å².